The maximum atomic E-state index is 8.81. The number of pyridine rings is 1. The van der Waals surface area contributed by atoms with Gasteiger partial charge in [0.1, 0.15) is 18.0 Å². The third kappa shape index (κ3) is 3.55. The summed E-state index contributed by atoms with van der Waals surface area (Å²) in [6.45, 7) is 6.40. The highest BCUT2D eigenvalue weighted by molar-refractivity contribution is 7.14. The average Bonchev–Trinajstić information content (AvgIpc) is 3.08. The molecule has 0 aliphatic rings. The van der Waals surface area contributed by atoms with E-state index in [1.54, 1.807) is 18.4 Å². The molecular formula is C19H21N5OS. The van der Waals surface area contributed by atoms with Gasteiger partial charge in [-0.25, -0.2) is 9.97 Å². The molecule has 134 valence electrons. The van der Waals surface area contributed by atoms with Crippen molar-refractivity contribution in [1.29, 1.82) is 5.26 Å². The predicted molar refractivity (Wildman–Crippen MR) is 107 cm³/mol. The SMILES string of the molecule is COc1cc(-c2csc(NC(C)C)n2)nc2c(C)c(NCC#N)ccc12. The molecule has 0 saturated heterocycles. The molecule has 6 nitrogen and oxygen atoms in total. The van der Waals surface area contributed by atoms with Gasteiger partial charge in [-0.2, -0.15) is 5.26 Å². The van der Waals surface area contributed by atoms with E-state index in [0.717, 1.165) is 44.4 Å². The minimum atomic E-state index is 0.249. The summed E-state index contributed by atoms with van der Waals surface area (Å²) in [5.74, 6) is 0.756. The maximum Gasteiger partial charge on any atom is 0.183 e. The third-order valence-corrected chi connectivity index (χ3v) is 4.73. The molecule has 0 radical (unpaired) electrons. The van der Waals surface area contributed by atoms with Gasteiger partial charge in [0.05, 0.1) is 24.4 Å². The molecule has 0 bridgehead atoms. The Morgan fingerprint density at radius 1 is 1.27 bits per heavy atom. The van der Waals surface area contributed by atoms with E-state index in [1.165, 1.54) is 0 Å². The van der Waals surface area contributed by atoms with Crippen molar-refractivity contribution in [3.63, 3.8) is 0 Å². The molecule has 2 aromatic heterocycles. The quantitative estimate of drug-likeness (QED) is 0.627. The molecule has 0 aliphatic carbocycles. The van der Waals surface area contributed by atoms with E-state index in [1.807, 2.05) is 30.5 Å². The number of aromatic nitrogens is 2. The second-order valence-corrected chi connectivity index (χ2v) is 7.05. The number of hydrogen-bond donors (Lipinski definition) is 2. The molecule has 0 atom stereocenters. The van der Waals surface area contributed by atoms with E-state index in [0.29, 0.717) is 6.04 Å². The maximum absolute atomic E-state index is 8.81. The molecule has 0 spiro atoms. The molecule has 3 rings (SSSR count). The first-order valence-corrected chi connectivity index (χ1v) is 9.23. The van der Waals surface area contributed by atoms with Crippen molar-refractivity contribution >= 4 is 33.1 Å². The van der Waals surface area contributed by atoms with Gasteiger partial charge in [-0.15, -0.1) is 11.3 Å². The number of anilines is 2. The van der Waals surface area contributed by atoms with Gasteiger partial charge in [0.25, 0.3) is 0 Å². The van der Waals surface area contributed by atoms with E-state index in [4.69, 9.17) is 15.0 Å². The van der Waals surface area contributed by atoms with Gasteiger partial charge in [-0.3, -0.25) is 0 Å². The zero-order valence-electron chi connectivity index (χ0n) is 15.3. The van der Waals surface area contributed by atoms with Crippen LogP contribution in [0.25, 0.3) is 22.3 Å². The number of hydrogen-bond acceptors (Lipinski definition) is 7. The Bertz CT molecular complexity index is 974. The summed E-state index contributed by atoms with van der Waals surface area (Å²) in [6.07, 6.45) is 0. The number of nitriles is 1. The number of ether oxygens (including phenoxy) is 1. The van der Waals surface area contributed by atoms with Gasteiger partial charge in [-0.1, -0.05) is 0 Å². The van der Waals surface area contributed by atoms with Crippen LogP contribution in [0.5, 0.6) is 5.75 Å². The molecule has 0 amide bonds. The van der Waals surface area contributed by atoms with E-state index in [2.05, 4.69) is 35.5 Å². The molecule has 2 heterocycles. The third-order valence-electron chi connectivity index (χ3n) is 3.95. The Balaban J connectivity index is 2.10. The Kier molecular flexibility index (Phi) is 5.24. The summed E-state index contributed by atoms with van der Waals surface area (Å²) in [4.78, 5) is 9.46. The van der Waals surface area contributed by atoms with Crippen molar-refractivity contribution < 1.29 is 4.74 Å². The lowest BCUT2D eigenvalue weighted by Crippen LogP contribution is -2.09. The first-order valence-electron chi connectivity index (χ1n) is 8.35. The van der Waals surface area contributed by atoms with Crippen LogP contribution in [-0.2, 0) is 0 Å². The van der Waals surface area contributed by atoms with E-state index in [-0.39, 0.29) is 6.54 Å². The smallest absolute Gasteiger partial charge is 0.183 e. The van der Waals surface area contributed by atoms with E-state index < -0.39 is 0 Å². The topological polar surface area (TPSA) is 82.9 Å². The van der Waals surface area contributed by atoms with Crippen LogP contribution in [0.2, 0.25) is 0 Å². The van der Waals surface area contributed by atoms with Crippen molar-refractivity contribution in [2.45, 2.75) is 26.8 Å². The Labute approximate surface area is 156 Å². The summed E-state index contributed by atoms with van der Waals surface area (Å²) in [5, 5.41) is 19.0. The predicted octanol–water partition coefficient (Wildman–Crippen LogP) is 4.43. The number of fused-ring (bicyclic) bond motifs is 1. The molecule has 0 aliphatic heterocycles. The van der Waals surface area contributed by atoms with Crippen LogP contribution in [0, 0.1) is 18.3 Å². The zero-order chi connectivity index (χ0) is 18.7. The number of rotatable bonds is 6. The van der Waals surface area contributed by atoms with Crippen molar-refractivity contribution in [2.24, 2.45) is 0 Å². The molecule has 1 aromatic carbocycles. The molecular weight excluding hydrogens is 346 g/mol. The minimum absolute atomic E-state index is 0.249. The number of benzene rings is 1. The lowest BCUT2D eigenvalue weighted by Gasteiger charge is -2.13. The van der Waals surface area contributed by atoms with Crippen LogP contribution in [0.3, 0.4) is 0 Å². The largest absolute Gasteiger partial charge is 0.496 e. The number of nitrogens with one attached hydrogen (secondary N) is 2. The van der Waals surface area contributed by atoms with Gasteiger partial charge in [0.15, 0.2) is 5.13 Å². The van der Waals surface area contributed by atoms with E-state index in [9.17, 15) is 0 Å². The number of aryl methyl sites for hydroxylation is 1. The highest BCUT2D eigenvalue weighted by atomic mass is 32.1. The molecule has 2 N–H and O–H groups in total. The summed E-state index contributed by atoms with van der Waals surface area (Å²) in [5.41, 5.74) is 4.30. The Morgan fingerprint density at radius 2 is 2.08 bits per heavy atom. The Hall–Kier alpha value is -2.85. The summed E-state index contributed by atoms with van der Waals surface area (Å²) < 4.78 is 5.58. The number of thiazole rings is 1. The van der Waals surface area contributed by atoms with Crippen LogP contribution in [-0.4, -0.2) is 29.7 Å². The summed E-state index contributed by atoms with van der Waals surface area (Å²) >= 11 is 1.56. The summed E-state index contributed by atoms with van der Waals surface area (Å²) in [7, 11) is 1.66. The van der Waals surface area contributed by atoms with Crippen LogP contribution >= 0.6 is 11.3 Å². The monoisotopic (exact) mass is 367 g/mol. The van der Waals surface area contributed by atoms with Crippen molar-refractivity contribution in [3.05, 3.63) is 29.1 Å². The average molecular weight is 367 g/mol. The number of nitrogens with zero attached hydrogens (tertiary/aromatic N) is 3. The van der Waals surface area contributed by atoms with Crippen molar-refractivity contribution in [2.75, 3.05) is 24.3 Å². The van der Waals surface area contributed by atoms with Crippen LogP contribution < -0.4 is 15.4 Å². The second kappa shape index (κ2) is 7.58. The fraction of sp³-hybridized carbons (Fsp3) is 0.316. The van der Waals surface area contributed by atoms with E-state index >= 15 is 0 Å². The van der Waals surface area contributed by atoms with Crippen molar-refractivity contribution in [3.8, 4) is 23.2 Å². The molecule has 26 heavy (non-hydrogen) atoms. The minimum Gasteiger partial charge on any atom is -0.496 e. The lowest BCUT2D eigenvalue weighted by atomic mass is 10.1. The van der Waals surface area contributed by atoms with Gasteiger partial charge in [0, 0.05) is 28.6 Å². The van der Waals surface area contributed by atoms with Gasteiger partial charge in [-0.05, 0) is 38.5 Å². The highest BCUT2D eigenvalue weighted by Gasteiger charge is 2.14. The van der Waals surface area contributed by atoms with Crippen LogP contribution in [0.15, 0.2) is 23.6 Å². The highest BCUT2D eigenvalue weighted by Crippen LogP contribution is 2.34. The first-order chi connectivity index (χ1) is 12.5. The fourth-order valence-electron chi connectivity index (χ4n) is 2.73. The molecule has 0 fully saturated rings. The molecule has 3 aromatic rings. The molecule has 7 heteroatoms. The fourth-order valence-corrected chi connectivity index (χ4v) is 3.58. The van der Waals surface area contributed by atoms with Crippen LogP contribution in [0.4, 0.5) is 10.8 Å². The molecule has 0 unspecified atom stereocenters. The lowest BCUT2D eigenvalue weighted by molar-refractivity contribution is 0.419. The van der Waals surface area contributed by atoms with Gasteiger partial charge >= 0.3 is 0 Å². The van der Waals surface area contributed by atoms with Crippen molar-refractivity contribution in [1.82, 2.24) is 9.97 Å². The normalized spacial score (nSPS) is 10.8. The number of methoxy groups -OCH3 is 1. The van der Waals surface area contributed by atoms with Gasteiger partial charge in [0.2, 0.25) is 0 Å². The van der Waals surface area contributed by atoms with Gasteiger partial charge < -0.3 is 15.4 Å². The first kappa shape index (κ1) is 18.0. The van der Waals surface area contributed by atoms with Crippen LogP contribution in [0.1, 0.15) is 19.4 Å². The second-order valence-electron chi connectivity index (χ2n) is 6.19. The standard InChI is InChI=1S/C19H21N5OS/c1-11(2)22-19-24-16(10-26-19)15-9-17(25-4)13-5-6-14(21-8-7-20)12(3)18(13)23-15/h5-6,9-11,21H,8H2,1-4H3,(H,22,24). The zero-order valence-corrected chi connectivity index (χ0v) is 16.1. The summed E-state index contributed by atoms with van der Waals surface area (Å²) in [6, 6.07) is 8.25. The Morgan fingerprint density at radius 3 is 2.77 bits per heavy atom. The molecule has 0 saturated carbocycles.